The van der Waals surface area contributed by atoms with Gasteiger partial charge >= 0.3 is 0 Å². The highest BCUT2D eigenvalue weighted by Crippen LogP contribution is 2.38. The van der Waals surface area contributed by atoms with E-state index in [-0.39, 0.29) is 5.91 Å². The lowest BCUT2D eigenvalue weighted by atomic mass is 10.1. The molecule has 3 aromatic carbocycles. The highest BCUT2D eigenvalue weighted by Gasteiger charge is 2.14. The smallest absolute Gasteiger partial charge is 0.224 e. The molecule has 27 heavy (non-hydrogen) atoms. The van der Waals surface area contributed by atoms with Gasteiger partial charge in [0.05, 0.1) is 21.3 Å². The van der Waals surface area contributed by atoms with Crippen LogP contribution in [0.15, 0.2) is 54.6 Å². The molecule has 0 atom stereocenters. The summed E-state index contributed by atoms with van der Waals surface area (Å²) in [5.41, 5.74) is 1.74. The number of amides is 1. The van der Waals surface area contributed by atoms with Gasteiger partial charge in [-0.25, -0.2) is 0 Å². The van der Waals surface area contributed by atoms with Gasteiger partial charge in [0.25, 0.3) is 0 Å². The second kappa shape index (κ2) is 8.45. The standard InChI is InChI=1S/C22H23NO4/c1-25-19-12-15(13-20(26-2)22(19)27-3)8-11-21(24)23-18-10-9-16-6-4-5-7-17(16)14-18/h4-7,9-10,12-14H,8,11H2,1-3H3,(H,23,24). The van der Waals surface area contributed by atoms with Crippen molar-refractivity contribution in [2.75, 3.05) is 26.6 Å². The molecule has 0 aliphatic heterocycles. The molecule has 0 aliphatic carbocycles. The second-order valence-corrected chi connectivity index (χ2v) is 6.14. The Labute approximate surface area is 158 Å². The quantitative estimate of drug-likeness (QED) is 0.673. The summed E-state index contributed by atoms with van der Waals surface area (Å²) in [5.74, 6) is 1.67. The Bertz CT molecular complexity index is 927. The van der Waals surface area contributed by atoms with Crippen molar-refractivity contribution in [3.05, 3.63) is 60.2 Å². The van der Waals surface area contributed by atoms with E-state index in [9.17, 15) is 4.79 Å². The fourth-order valence-electron chi connectivity index (χ4n) is 3.03. The van der Waals surface area contributed by atoms with Crippen molar-refractivity contribution in [1.82, 2.24) is 0 Å². The molecule has 1 N–H and O–H groups in total. The molecule has 0 aliphatic rings. The van der Waals surface area contributed by atoms with Gasteiger partial charge in [-0.2, -0.15) is 0 Å². The van der Waals surface area contributed by atoms with Crippen LogP contribution in [0.5, 0.6) is 17.2 Å². The molecular weight excluding hydrogens is 342 g/mol. The van der Waals surface area contributed by atoms with Crippen molar-refractivity contribution in [2.24, 2.45) is 0 Å². The van der Waals surface area contributed by atoms with Crippen molar-refractivity contribution >= 4 is 22.4 Å². The summed E-state index contributed by atoms with van der Waals surface area (Å²) in [4.78, 5) is 12.4. The number of fused-ring (bicyclic) bond motifs is 1. The van der Waals surface area contributed by atoms with Crippen LogP contribution in [0.3, 0.4) is 0 Å². The number of methoxy groups -OCH3 is 3. The maximum Gasteiger partial charge on any atom is 0.224 e. The number of nitrogens with one attached hydrogen (secondary N) is 1. The molecular formula is C22H23NO4. The first-order chi connectivity index (χ1) is 13.1. The number of rotatable bonds is 7. The van der Waals surface area contributed by atoms with Crippen LogP contribution in [0.25, 0.3) is 10.8 Å². The summed E-state index contributed by atoms with van der Waals surface area (Å²) in [6.07, 6.45) is 0.918. The molecule has 1 amide bonds. The monoisotopic (exact) mass is 365 g/mol. The number of carbonyl (C=O) groups excluding carboxylic acids is 1. The Morgan fingerprint density at radius 1 is 0.852 bits per heavy atom. The molecule has 0 spiro atoms. The number of aryl methyl sites for hydroxylation is 1. The number of ether oxygens (including phenoxy) is 3. The van der Waals surface area contributed by atoms with Crippen LogP contribution in [-0.4, -0.2) is 27.2 Å². The Balaban J connectivity index is 1.67. The lowest BCUT2D eigenvalue weighted by Crippen LogP contribution is -2.12. The molecule has 3 rings (SSSR count). The fourth-order valence-corrected chi connectivity index (χ4v) is 3.03. The molecule has 0 radical (unpaired) electrons. The van der Waals surface area contributed by atoms with Gasteiger partial charge in [0.2, 0.25) is 11.7 Å². The summed E-state index contributed by atoms with van der Waals surface area (Å²) in [7, 11) is 4.72. The zero-order chi connectivity index (χ0) is 19.2. The van der Waals surface area contributed by atoms with Crippen molar-refractivity contribution < 1.29 is 19.0 Å². The molecule has 3 aromatic rings. The predicted molar refractivity (Wildman–Crippen MR) is 107 cm³/mol. The molecule has 0 bridgehead atoms. The van der Waals surface area contributed by atoms with E-state index in [4.69, 9.17) is 14.2 Å². The summed E-state index contributed by atoms with van der Waals surface area (Å²) in [6.45, 7) is 0. The van der Waals surface area contributed by atoms with Gasteiger partial charge in [0.1, 0.15) is 0 Å². The highest BCUT2D eigenvalue weighted by atomic mass is 16.5. The Morgan fingerprint density at radius 3 is 2.15 bits per heavy atom. The van der Waals surface area contributed by atoms with Gasteiger partial charge < -0.3 is 19.5 Å². The first-order valence-electron chi connectivity index (χ1n) is 8.72. The molecule has 0 unspecified atom stereocenters. The van der Waals surface area contributed by atoms with E-state index < -0.39 is 0 Å². The Kier molecular flexibility index (Phi) is 5.81. The van der Waals surface area contributed by atoms with Crippen LogP contribution in [-0.2, 0) is 11.2 Å². The second-order valence-electron chi connectivity index (χ2n) is 6.14. The molecule has 0 saturated carbocycles. The molecule has 0 heterocycles. The number of carbonyl (C=O) groups is 1. The van der Waals surface area contributed by atoms with Gasteiger partial charge in [-0.05, 0) is 47.0 Å². The van der Waals surface area contributed by atoms with E-state index in [0.717, 1.165) is 22.0 Å². The van der Waals surface area contributed by atoms with E-state index in [0.29, 0.717) is 30.1 Å². The van der Waals surface area contributed by atoms with Crippen LogP contribution < -0.4 is 19.5 Å². The van der Waals surface area contributed by atoms with E-state index in [1.165, 1.54) is 0 Å². The number of benzene rings is 3. The van der Waals surface area contributed by atoms with Gasteiger partial charge in [-0.3, -0.25) is 4.79 Å². The largest absolute Gasteiger partial charge is 0.493 e. The maximum absolute atomic E-state index is 12.4. The van der Waals surface area contributed by atoms with Gasteiger partial charge in [-0.1, -0.05) is 30.3 Å². The zero-order valence-electron chi connectivity index (χ0n) is 15.7. The first kappa shape index (κ1) is 18.6. The van der Waals surface area contributed by atoms with E-state index >= 15 is 0 Å². The topological polar surface area (TPSA) is 56.8 Å². The van der Waals surface area contributed by atoms with E-state index in [2.05, 4.69) is 5.32 Å². The SMILES string of the molecule is COc1cc(CCC(=O)Nc2ccc3ccccc3c2)cc(OC)c1OC. The minimum Gasteiger partial charge on any atom is -0.493 e. The van der Waals surface area contributed by atoms with Crippen molar-refractivity contribution in [2.45, 2.75) is 12.8 Å². The van der Waals surface area contributed by atoms with Crippen molar-refractivity contribution in [1.29, 1.82) is 0 Å². The van der Waals surface area contributed by atoms with Gasteiger partial charge in [0, 0.05) is 12.1 Å². The Hall–Kier alpha value is -3.21. The average molecular weight is 365 g/mol. The predicted octanol–water partition coefficient (Wildman–Crippen LogP) is 4.44. The molecule has 140 valence electrons. The van der Waals surface area contributed by atoms with E-state index in [1.54, 1.807) is 21.3 Å². The van der Waals surface area contributed by atoms with Crippen LogP contribution >= 0.6 is 0 Å². The zero-order valence-corrected chi connectivity index (χ0v) is 15.7. The minimum absolute atomic E-state index is 0.0426. The van der Waals surface area contributed by atoms with Gasteiger partial charge in [0.15, 0.2) is 11.5 Å². The van der Waals surface area contributed by atoms with Crippen molar-refractivity contribution in [3.63, 3.8) is 0 Å². The molecule has 5 heteroatoms. The number of hydrogen-bond donors (Lipinski definition) is 1. The summed E-state index contributed by atoms with van der Waals surface area (Å²) < 4.78 is 16.0. The van der Waals surface area contributed by atoms with Crippen LogP contribution in [0.1, 0.15) is 12.0 Å². The highest BCUT2D eigenvalue weighted by molar-refractivity contribution is 5.94. The third-order valence-electron chi connectivity index (χ3n) is 4.40. The summed E-state index contributed by atoms with van der Waals surface area (Å²) in [5, 5.41) is 5.20. The normalized spacial score (nSPS) is 10.5. The molecule has 0 aromatic heterocycles. The minimum atomic E-state index is -0.0426. The maximum atomic E-state index is 12.4. The fraction of sp³-hybridized carbons (Fsp3) is 0.227. The van der Waals surface area contributed by atoms with Crippen molar-refractivity contribution in [3.8, 4) is 17.2 Å². The average Bonchev–Trinajstić information content (AvgIpc) is 2.71. The lowest BCUT2D eigenvalue weighted by molar-refractivity contribution is -0.116. The lowest BCUT2D eigenvalue weighted by Gasteiger charge is -2.14. The molecule has 5 nitrogen and oxygen atoms in total. The number of hydrogen-bond acceptors (Lipinski definition) is 4. The first-order valence-corrected chi connectivity index (χ1v) is 8.72. The Morgan fingerprint density at radius 2 is 1.52 bits per heavy atom. The van der Waals surface area contributed by atoms with Gasteiger partial charge in [-0.15, -0.1) is 0 Å². The summed E-state index contributed by atoms with van der Waals surface area (Å²) >= 11 is 0. The van der Waals surface area contributed by atoms with Crippen LogP contribution in [0, 0.1) is 0 Å². The van der Waals surface area contributed by atoms with E-state index in [1.807, 2.05) is 54.6 Å². The number of anilines is 1. The summed E-state index contributed by atoms with van der Waals surface area (Å²) in [6, 6.07) is 17.7. The molecule has 0 fully saturated rings. The van der Waals surface area contributed by atoms with Crippen LogP contribution in [0.4, 0.5) is 5.69 Å². The third kappa shape index (κ3) is 4.31. The molecule has 0 saturated heterocycles. The van der Waals surface area contributed by atoms with Crippen LogP contribution in [0.2, 0.25) is 0 Å². The third-order valence-corrected chi connectivity index (χ3v) is 4.40.